The maximum Gasteiger partial charge on any atom is 0.244 e. The third-order valence-electron chi connectivity index (χ3n) is 2.86. The predicted molar refractivity (Wildman–Crippen MR) is 80.4 cm³/mol. The van der Waals surface area contributed by atoms with E-state index in [0.717, 1.165) is 0 Å². The van der Waals surface area contributed by atoms with E-state index in [1.807, 2.05) is 20.8 Å². The molecule has 0 rings (SSSR count). The summed E-state index contributed by atoms with van der Waals surface area (Å²) in [4.78, 5) is 26.1. The highest BCUT2D eigenvalue weighted by atomic mass is 16.5. The van der Waals surface area contributed by atoms with E-state index in [1.165, 1.54) is 0 Å². The Morgan fingerprint density at radius 1 is 1.20 bits per heavy atom. The average molecular weight is 286 g/mol. The molecule has 0 fully saturated rings. The molecule has 20 heavy (non-hydrogen) atoms. The molecule has 0 spiro atoms. The Morgan fingerprint density at radius 2 is 1.75 bits per heavy atom. The molecule has 0 radical (unpaired) electrons. The Bertz CT molecular complexity index is 322. The van der Waals surface area contributed by atoms with Crippen molar-refractivity contribution >= 4 is 11.8 Å². The first-order chi connectivity index (χ1) is 9.09. The molecule has 0 aromatic carbocycles. The molecule has 2 amide bonds. The van der Waals surface area contributed by atoms with Crippen molar-refractivity contribution < 1.29 is 14.3 Å². The van der Waals surface area contributed by atoms with Crippen LogP contribution in [0.25, 0.3) is 0 Å². The topological polar surface area (TPSA) is 58.6 Å². The number of ether oxygens (including phenoxy) is 1. The number of nitrogens with zero attached hydrogens (tertiary/aromatic N) is 1. The molecule has 0 aliphatic carbocycles. The van der Waals surface area contributed by atoms with Crippen molar-refractivity contribution in [2.45, 2.75) is 47.6 Å². The summed E-state index contributed by atoms with van der Waals surface area (Å²) in [5, 5.41) is 2.78. The summed E-state index contributed by atoms with van der Waals surface area (Å²) >= 11 is 0. The van der Waals surface area contributed by atoms with Crippen molar-refractivity contribution in [3.8, 4) is 0 Å². The third kappa shape index (κ3) is 6.89. The summed E-state index contributed by atoms with van der Waals surface area (Å²) in [5.41, 5.74) is -0.496. The second-order valence-electron chi connectivity index (χ2n) is 6.62. The van der Waals surface area contributed by atoms with Gasteiger partial charge in [0.1, 0.15) is 6.04 Å². The second kappa shape index (κ2) is 8.25. The van der Waals surface area contributed by atoms with Gasteiger partial charge in [0.25, 0.3) is 0 Å². The minimum absolute atomic E-state index is 0.0617. The van der Waals surface area contributed by atoms with Crippen LogP contribution >= 0.6 is 0 Å². The molecule has 0 aliphatic heterocycles. The lowest BCUT2D eigenvalue weighted by molar-refractivity contribution is -0.139. The number of methoxy groups -OCH3 is 1. The summed E-state index contributed by atoms with van der Waals surface area (Å²) < 4.78 is 5.04. The van der Waals surface area contributed by atoms with Gasteiger partial charge in [-0.1, -0.05) is 34.6 Å². The van der Waals surface area contributed by atoms with Crippen molar-refractivity contribution in [3.63, 3.8) is 0 Å². The fourth-order valence-electron chi connectivity index (χ4n) is 1.68. The van der Waals surface area contributed by atoms with E-state index < -0.39 is 11.5 Å². The van der Waals surface area contributed by atoms with Gasteiger partial charge in [-0.25, -0.2) is 0 Å². The van der Waals surface area contributed by atoms with Gasteiger partial charge in [-0.05, 0) is 12.8 Å². The number of hydrogen-bond donors (Lipinski definition) is 1. The molecule has 0 aliphatic rings. The maximum absolute atomic E-state index is 12.4. The lowest BCUT2D eigenvalue weighted by atomic mass is 9.95. The molecule has 0 heterocycles. The Labute approximate surface area is 123 Å². The third-order valence-corrected chi connectivity index (χ3v) is 2.86. The van der Waals surface area contributed by atoms with Gasteiger partial charge in [0.15, 0.2) is 0 Å². The van der Waals surface area contributed by atoms with E-state index in [2.05, 4.69) is 19.2 Å². The van der Waals surface area contributed by atoms with Crippen LogP contribution in [-0.2, 0) is 14.3 Å². The van der Waals surface area contributed by atoms with Gasteiger partial charge in [-0.2, -0.15) is 0 Å². The van der Waals surface area contributed by atoms with Crippen LogP contribution in [0, 0.1) is 11.3 Å². The molecule has 1 N–H and O–H groups in total. The van der Waals surface area contributed by atoms with Crippen molar-refractivity contribution in [1.29, 1.82) is 0 Å². The number of carbonyl (C=O) groups is 2. The zero-order valence-corrected chi connectivity index (χ0v) is 13.9. The lowest BCUT2D eigenvalue weighted by Crippen LogP contribution is -2.51. The minimum Gasteiger partial charge on any atom is -0.383 e. The van der Waals surface area contributed by atoms with Crippen LogP contribution in [0.5, 0.6) is 0 Å². The molecule has 5 nitrogen and oxygen atoms in total. The van der Waals surface area contributed by atoms with Gasteiger partial charge >= 0.3 is 0 Å². The first kappa shape index (κ1) is 18.9. The van der Waals surface area contributed by atoms with E-state index in [4.69, 9.17) is 4.74 Å². The molecular formula is C15H30N2O3. The van der Waals surface area contributed by atoms with Gasteiger partial charge in [-0.3, -0.25) is 9.59 Å². The summed E-state index contributed by atoms with van der Waals surface area (Å²) in [6, 6.07) is -0.516. The van der Waals surface area contributed by atoms with Gasteiger partial charge in [0.2, 0.25) is 11.8 Å². The van der Waals surface area contributed by atoms with Gasteiger partial charge < -0.3 is 15.0 Å². The Hall–Kier alpha value is -1.10. The highest BCUT2D eigenvalue weighted by Gasteiger charge is 2.27. The Balaban J connectivity index is 4.66. The van der Waals surface area contributed by atoms with Crippen LogP contribution < -0.4 is 5.32 Å². The van der Waals surface area contributed by atoms with E-state index in [1.54, 1.807) is 18.9 Å². The molecule has 1 unspecified atom stereocenters. The van der Waals surface area contributed by atoms with Gasteiger partial charge in [-0.15, -0.1) is 0 Å². The van der Waals surface area contributed by atoms with E-state index in [0.29, 0.717) is 25.6 Å². The molecule has 118 valence electrons. The van der Waals surface area contributed by atoms with Crippen LogP contribution in [-0.4, -0.2) is 49.6 Å². The summed E-state index contributed by atoms with van der Waals surface area (Å²) in [7, 11) is 1.61. The van der Waals surface area contributed by atoms with E-state index >= 15 is 0 Å². The molecule has 0 bridgehead atoms. The van der Waals surface area contributed by atoms with Crippen molar-refractivity contribution in [1.82, 2.24) is 10.2 Å². The van der Waals surface area contributed by atoms with Crippen LogP contribution in [0.1, 0.15) is 41.5 Å². The zero-order chi connectivity index (χ0) is 15.9. The fraction of sp³-hybridized carbons (Fsp3) is 0.867. The maximum atomic E-state index is 12.4. The summed E-state index contributed by atoms with van der Waals surface area (Å²) in [6.45, 7) is 13.0. The first-order valence-electron chi connectivity index (χ1n) is 7.18. The average Bonchev–Trinajstić information content (AvgIpc) is 2.31. The SMILES string of the molecule is COCCN(CC(C)C)C(=O)C(C)NC(=O)C(C)(C)C. The van der Waals surface area contributed by atoms with E-state index in [9.17, 15) is 9.59 Å². The molecule has 5 heteroatoms. The van der Waals surface area contributed by atoms with E-state index in [-0.39, 0.29) is 11.8 Å². The Morgan fingerprint density at radius 3 is 2.15 bits per heavy atom. The van der Waals surface area contributed by atoms with Crippen LogP contribution in [0.15, 0.2) is 0 Å². The first-order valence-corrected chi connectivity index (χ1v) is 7.18. The fourth-order valence-corrected chi connectivity index (χ4v) is 1.68. The van der Waals surface area contributed by atoms with Crippen molar-refractivity contribution in [2.24, 2.45) is 11.3 Å². The van der Waals surface area contributed by atoms with Crippen LogP contribution in [0.3, 0.4) is 0 Å². The number of hydrogen-bond acceptors (Lipinski definition) is 3. The van der Waals surface area contributed by atoms with Crippen LogP contribution in [0.2, 0.25) is 0 Å². The number of carbonyl (C=O) groups excluding carboxylic acids is 2. The largest absolute Gasteiger partial charge is 0.383 e. The number of amides is 2. The monoisotopic (exact) mass is 286 g/mol. The van der Waals surface area contributed by atoms with Crippen LogP contribution in [0.4, 0.5) is 0 Å². The smallest absolute Gasteiger partial charge is 0.244 e. The minimum atomic E-state index is -0.516. The quantitative estimate of drug-likeness (QED) is 0.774. The lowest BCUT2D eigenvalue weighted by Gasteiger charge is -2.29. The molecule has 0 aromatic rings. The molecular weight excluding hydrogens is 256 g/mol. The molecule has 0 saturated carbocycles. The van der Waals surface area contributed by atoms with Crippen molar-refractivity contribution in [3.05, 3.63) is 0 Å². The summed E-state index contributed by atoms with van der Waals surface area (Å²) in [5.74, 6) is 0.198. The second-order valence-corrected chi connectivity index (χ2v) is 6.62. The molecule has 1 atom stereocenters. The zero-order valence-electron chi connectivity index (χ0n) is 13.9. The number of nitrogens with one attached hydrogen (secondary N) is 1. The normalized spacial score (nSPS) is 13.2. The Kier molecular flexibility index (Phi) is 7.79. The molecule has 0 saturated heterocycles. The van der Waals surface area contributed by atoms with Gasteiger partial charge in [0.05, 0.1) is 6.61 Å². The predicted octanol–water partition coefficient (Wildman–Crippen LogP) is 1.67. The highest BCUT2D eigenvalue weighted by Crippen LogP contribution is 2.13. The van der Waals surface area contributed by atoms with Crippen molar-refractivity contribution in [2.75, 3.05) is 26.8 Å². The molecule has 0 aromatic heterocycles. The standard InChI is InChI=1S/C15H30N2O3/c1-11(2)10-17(8-9-20-7)13(18)12(3)16-14(19)15(4,5)6/h11-12H,8-10H2,1-7H3,(H,16,19). The number of rotatable bonds is 7. The van der Waals surface area contributed by atoms with Gasteiger partial charge in [0, 0.05) is 25.6 Å². The highest BCUT2D eigenvalue weighted by molar-refractivity contribution is 5.89. The summed E-state index contributed by atoms with van der Waals surface area (Å²) in [6.07, 6.45) is 0.